The van der Waals surface area contributed by atoms with Crippen LogP contribution in [0.3, 0.4) is 0 Å². The molecule has 1 heterocycles. The van der Waals surface area contributed by atoms with Crippen molar-refractivity contribution in [2.75, 3.05) is 6.61 Å². The summed E-state index contributed by atoms with van der Waals surface area (Å²) in [5.74, 6) is -0.500. The van der Waals surface area contributed by atoms with E-state index in [-0.39, 0.29) is 22.3 Å². The molecule has 0 aliphatic heterocycles. The van der Waals surface area contributed by atoms with Gasteiger partial charge in [0.25, 0.3) is 6.43 Å². The highest BCUT2D eigenvalue weighted by molar-refractivity contribution is 14.1. The summed E-state index contributed by atoms with van der Waals surface area (Å²) in [5, 5.41) is 0. The molecule has 0 aliphatic rings. The van der Waals surface area contributed by atoms with Crippen LogP contribution in [0, 0.1) is 10.6 Å². The maximum atomic E-state index is 12.9. The molecule has 94 valence electrons. The first-order valence-electron chi connectivity index (χ1n) is 5.05. The minimum atomic E-state index is -2.64. The summed E-state index contributed by atoms with van der Waals surface area (Å²) >= 11 is 1.74. The zero-order valence-corrected chi connectivity index (χ0v) is 11.6. The topological polar surface area (TPSA) is 39.2 Å². The molecule has 0 N–H and O–H groups in total. The molecule has 0 radical (unpaired) electrons. The van der Waals surface area contributed by atoms with Crippen molar-refractivity contribution >= 4 is 28.6 Å². The Bertz CT molecular complexity index is 424. The first kappa shape index (κ1) is 14.3. The maximum Gasteiger partial charge on any atom is 0.310 e. The second kappa shape index (κ2) is 6.23. The van der Waals surface area contributed by atoms with Gasteiger partial charge in [0.05, 0.1) is 18.6 Å². The van der Waals surface area contributed by atoms with Gasteiger partial charge in [-0.25, -0.2) is 13.8 Å². The van der Waals surface area contributed by atoms with Crippen LogP contribution in [0.15, 0.2) is 6.20 Å². The molecule has 0 saturated heterocycles. The summed E-state index contributed by atoms with van der Waals surface area (Å²) in [6.45, 7) is 3.57. The Morgan fingerprint density at radius 3 is 2.76 bits per heavy atom. The van der Waals surface area contributed by atoms with Crippen LogP contribution in [0.1, 0.15) is 30.0 Å². The molecule has 1 rings (SSSR count). The highest BCUT2D eigenvalue weighted by Crippen LogP contribution is 2.29. The van der Waals surface area contributed by atoms with E-state index in [0.29, 0.717) is 11.1 Å². The number of pyridine rings is 1. The van der Waals surface area contributed by atoms with Crippen molar-refractivity contribution in [3.8, 4) is 0 Å². The maximum absolute atomic E-state index is 12.9. The highest BCUT2D eigenvalue weighted by Gasteiger charge is 2.21. The SMILES string of the molecule is CCOC(=O)Cc1c(C)cnc(I)c1C(F)F. The average Bonchev–Trinajstić information content (AvgIpc) is 2.23. The van der Waals surface area contributed by atoms with Crippen LogP contribution in [0.25, 0.3) is 0 Å². The molecule has 3 nitrogen and oxygen atoms in total. The Kier molecular flexibility index (Phi) is 5.23. The number of carbonyl (C=O) groups excluding carboxylic acids is 1. The molecular formula is C11H12F2INO2. The zero-order chi connectivity index (χ0) is 13.0. The van der Waals surface area contributed by atoms with E-state index in [0.717, 1.165) is 0 Å². The van der Waals surface area contributed by atoms with E-state index >= 15 is 0 Å². The monoisotopic (exact) mass is 355 g/mol. The van der Waals surface area contributed by atoms with Crippen molar-refractivity contribution in [1.82, 2.24) is 4.98 Å². The van der Waals surface area contributed by atoms with Crippen LogP contribution >= 0.6 is 22.6 Å². The van der Waals surface area contributed by atoms with Crippen molar-refractivity contribution in [2.45, 2.75) is 26.7 Å². The molecular weight excluding hydrogens is 343 g/mol. The number of hydrogen-bond acceptors (Lipinski definition) is 3. The van der Waals surface area contributed by atoms with Crippen molar-refractivity contribution in [2.24, 2.45) is 0 Å². The van der Waals surface area contributed by atoms with E-state index in [4.69, 9.17) is 4.74 Å². The predicted octanol–water partition coefficient (Wildman–Crippen LogP) is 3.04. The second-order valence-electron chi connectivity index (χ2n) is 3.41. The molecule has 0 amide bonds. The number of halogens is 3. The third-order valence-corrected chi connectivity index (χ3v) is 3.10. The van der Waals surface area contributed by atoms with Gasteiger partial charge in [-0.05, 0) is 47.6 Å². The number of nitrogens with zero attached hydrogens (tertiary/aromatic N) is 1. The molecule has 6 heteroatoms. The van der Waals surface area contributed by atoms with Crippen molar-refractivity contribution in [3.63, 3.8) is 0 Å². The quantitative estimate of drug-likeness (QED) is 0.474. The van der Waals surface area contributed by atoms with E-state index in [9.17, 15) is 13.6 Å². The Balaban J connectivity index is 3.12. The minimum absolute atomic E-state index is 0.141. The van der Waals surface area contributed by atoms with Crippen molar-refractivity contribution < 1.29 is 18.3 Å². The first-order chi connectivity index (χ1) is 7.97. The van der Waals surface area contributed by atoms with Crippen LogP contribution in [0.5, 0.6) is 0 Å². The minimum Gasteiger partial charge on any atom is -0.466 e. The van der Waals surface area contributed by atoms with Crippen LogP contribution < -0.4 is 0 Å². The van der Waals surface area contributed by atoms with Gasteiger partial charge in [-0.1, -0.05) is 0 Å². The van der Waals surface area contributed by atoms with Gasteiger partial charge in [0.15, 0.2) is 0 Å². The van der Waals surface area contributed by atoms with E-state index in [1.807, 2.05) is 0 Å². The number of rotatable bonds is 4. The third kappa shape index (κ3) is 3.58. The molecule has 0 atom stereocenters. The van der Waals surface area contributed by atoms with Crippen molar-refractivity contribution in [1.29, 1.82) is 0 Å². The van der Waals surface area contributed by atoms with E-state index in [1.54, 1.807) is 36.4 Å². The van der Waals surface area contributed by atoms with Crippen LogP contribution in [0.2, 0.25) is 0 Å². The van der Waals surface area contributed by atoms with Gasteiger partial charge in [0, 0.05) is 6.20 Å². The molecule has 0 saturated carbocycles. The lowest BCUT2D eigenvalue weighted by atomic mass is 10.0. The number of hydrogen-bond donors (Lipinski definition) is 0. The van der Waals surface area contributed by atoms with E-state index < -0.39 is 12.4 Å². The summed E-state index contributed by atoms with van der Waals surface area (Å²) in [5.41, 5.74) is 0.727. The Hall–Kier alpha value is -0.790. The normalized spacial score (nSPS) is 10.7. The molecule has 1 aromatic heterocycles. The second-order valence-corrected chi connectivity index (χ2v) is 4.43. The molecule has 0 aromatic carbocycles. The molecule has 17 heavy (non-hydrogen) atoms. The molecule has 0 fully saturated rings. The highest BCUT2D eigenvalue weighted by atomic mass is 127. The number of ether oxygens (including phenoxy) is 1. The number of esters is 1. The van der Waals surface area contributed by atoms with Gasteiger partial charge in [-0.3, -0.25) is 4.79 Å². The predicted molar refractivity (Wildman–Crippen MR) is 67.0 cm³/mol. The fourth-order valence-electron chi connectivity index (χ4n) is 1.45. The van der Waals surface area contributed by atoms with Crippen LogP contribution in [-0.4, -0.2) is 17.6 Å². The smallest absolute Gasteiger partial charge is 0.310 e. The number of aromatic nitrogens is 1. The molecule has 0 aliphatic carbocycles. The summed E-state index contributed by atoms with van der Waals surface area (Å²) in [6.07, 6.45) is -1.29. The first-order valence-corrected chi connectivity index (χ1v) is 6.12. The lowest BCUT2D eigenvalue weighted by Gasteiger charge is -2.12. The number of alkyl halides is 2. The summed E-state index contributed by atoms with van der Waals surface area (Å²) in [6, 6.07) is 0. The lowest BCUT2D eigenvalue weighted by Crippen LogP contribution is -2.12. The van der Waals surface area contributed by atoms with E-state index in [2.05, 4.69) is 4.98 Å². The Morgan fingerprint density at radius 1 is 1.59 bits per heavy atom. The van der Waals surface area contributed by atoms with Crippen LogP contribution in [0.4, 0.5) is 8.78 Å². The Morgan fingerprint density at radius 2 is 2.24 bits per heavy atom. The zero-order valence-electron chi connectivity index (χ0n) is 9.47. The fourth-order valence-corrected chi connectivity index (χ4v) is 2.15. The molecule has 0 unspecified atom stereocenters. The lowest BCUT2D eigenvalue weighted by molar-refractivity contribution is -0.142. The third-order valence-electron chi connectivity index (χ3n) is 2.24. The Labute approximate surface area is 112 Å². The van der Waals surface area contributed by atoms with Gasteiger partial charge in [-0.2, -0.15) is 0 Å². The van der Waals surface area contributed by atoms with Crippen molar-refractivity contribution in [3.05, 3.63) is 26.6 Å². The summed E-state index contributed by atoms with van der Waals surface area (Å²) in [7, 11) is 0. The van der Waals surface area contributed by atoms with Gasteiger partial charge in [0.2, 0.25) is 0 Å². The molecule has 0 bridgehead atoms. The van der Waals surface area contributed by atoms with Gasteiger partial charge in [0.1, 0.15) is 3.70 Å². The van der Waals surface area contributed by atoms with Crippen LogP contribution in [-0.2, 0) is 16.0 Å². The average molecular weight is 355 g/mol. The summed E-state index contributed by atoms with van der Waals surface area (Å²) < 4.78 is 30.8. The van der Waals surface area contributed by atoms with Gasteiger partial charge < -0.3 is 4.74 Å². The largest absolute Gasteiger partial charge is 0.466 e. The van der Waals surface area contributed by atoms with E-state index in [1.165, 1.54) is 6.20 Å². The van der Waals surface area contributed by atoms with Gasteiger partial charge in [-0.15, -0.1) is 0 Å². The number of carbonyl (C=O) groups is 1. The standard InChI is InChI=1S/C11H12F2INO2/c1-3-17-8(16)4-7-6(2)5-15-11(14)9(7)10(12)13/h5,10H,3-4H2,1-2H3. The van der Waals surface area contributed by atoms with Gasteiger partial charge >= 0.3 is 5.97 Å². The summed E-state index contributed by atoms with van der Waals surface area (Å²) in [4.78, 5) is 15.2. The molecule has 1 aromatic rings. The molecule has 0 spiro atoms. The fraction of sp³-hybridized carbons (Fsp3) is 0.455. The number of aryl methyl sites for hydroxylation is 1.